The second-order valence-electron chi connectivity index (χ2n) is 5.12. The molecular formula is C18H14ClNO5. The van der Waals surface area contributed by atoms with Gasteiger partial charge in [-0.25, -0.2) is 4.79 Å². The van der Waals surface area contributed by atoms with Gasteiger partial charge in [0.15, 0.2) is 6.61 Å². The van der Waals surface area contributed by atoms with Crippen molar-refractivity contribution in [1.82, 2.24) is 0 Å². The molecule has 1 heterocycles. The van der Waals surface area contributed by atoms with E-state index in [9.17, 15) is 9.59 Å². The van der Waals surface area contributed by atoms with Gasteiger partial charge in [0.25, 0.3) is 5.91 Å². The van der Waals surface area contributed by atoms with E-state index in [0.717, 1.165) is 5.39 Å². The standard InChI is InChI=1S/C18H14ClNO5/c1-23-15-7-6-12(19)9-13(15)20-17(21)10-24-18(22)16-8-11-4-2-3-5-14(11)25-16/h2-9H,10H2,1H3,(H,20,21). The minimum atomic E-state index is -0.718. The summed E-state index contributed by atoms with van der Waals surface area (Å²) in [5.41, 5.74) is 0.961. The van der Waals surface area contributed by atoms with Crippen molar-refractivity contribution in [2.24, 2.45) is 0 Å². The number of methoxy groups -OCH3 is 1. The Morgan fingerprint density at radius 2 is 1.96 bits per heavy atom. The van der Waals surface area contributed by atoms with E-state index >= 15 is 0 Å². The Labute approximate surface area is 148 Å². The molecule has 3 rings (SSSR count). The molecule has 2 aromatic carbocycles. The molecule has 3 aromatic rings. The fraction of sp³-hybridized carbons (Fsp3) is 0.111. The number of benzene rings is 2. The molecule has 7 heteroatoms. The summed E-state index contributed by atoms with van der Waals surface area (Å²) in [6.07, 6.45) is 0. The number of carbonyl (C=O) groups excluding carboxylic acids is 2. The van der Waals surface area contributed by atoms with Crippen molar-refractivity contribution in [3.8, 4) is 5.75 Å². The van der Waals surface area contributed by atoms with Crippen LogP contribution in [0, 0.1) is 0 Å². The molecule has 6 nitrogen and oxygen atoms in total. The molecule has 0 unspecified atom stereocenters. The lowest BCUT2D eigenvalue weighted by molar-refractivity contribution is -0.119. The zero-order valence-corrected chi connectivity index (χ0v) is 14.0. The lowest BCUT2D eigenvalue weighted by Gasteiger charge is -2.10. The number of para-hydroxylation sites is 1. The van der Waals surface area contributed by atoms with Gasteiger partial charge in [-0.2, -0.15) is 0 Å². The van der Waals surface area contributed by atoms with E-state index in [-0.39, 0.29) is 5.76 Å². The molecule has 128 valence electrons. The minimum Gasteiger partial charge on any atom is -0.495 e. The van der Waals surface area contributed by atoms with Crippen LogP contribution in [-0.2, 0) is 9.53 Å². The third-order valence-corrected chi connectivity index (χ3v) is 3.63. The number of anilines is 1. The molecule has 1 N–H and O–H groups in total. The molecule has 0 aliphatic carbocycles. The highest BCUT2D eigenvalue weighted by Gasteiger charge is 2.16. The largest absolute Gasteiger partial charge is 0.495 e. The highest BCUT2D eigenvalue weighted by Crippen LogP contribution is 2.27. The third-order valence-electron chi connectivity index (χ3n) is 3.40. The summed E-state index contributed by atoms with van der Waals surface area (Å²) in [6, 6.07) is 13.6. The first-order chi connectivity index (χ1) is 12.1. The lowest BCUT2D eigenvalue weighted by Crippen LogP contribution is -2.21. The van der Waals surface area contributed by atoms with E-state index in [2.05, 4.69) is 5.32 Å². The Kier molecular flexibility index (Phi) is 4.90. The van der Waals surface area contributed by atoms with Crippen molar-refractivity contribution < 1.29 is 23.5 Å². The molecule has 1 amide bonds. The number of ether oxygens (including phenoxy) is 2. The normalized spacial score (nSPS) is 10.5. The average molecular weight is 360 g/mol. The summed E-state index contributed by atoms with van der Waals surface area (Å²) >= 11 is 5.90. The highest BCUT2D eigenvalue weighted by atomic mass is 35.5. The molecule has 0 saturated heterocycles. The Bertz CT molecular complexity index is 901. The summed E-state index contributed by atoms with van der Waals surface area (Å²) < 4.78 is 15.5. The maximum absolute atomic E-state index is 12.0. The number of nitrogens with one attached hydrogen (secondary N) is 1. The molecule has 0 atom stereocenters. The van der Waals surface area contributed by atoms with Gasteiger partial charge in [-0.1, -0.05) is 29.8 Å². The van der Waals surface area contributed by atoms with Crippen LogP contribution in [0.3, 0.4) is 0 Å². The van der Waals surface area contributed by atoms with E-state index in [4.69, 9.17) is 25.5 Å². The predicted octanol–water partition coefficient (Wildman–Crippen LogP) is 3.89. The van der Waals surface area contributed by atoms with Crippen LogP contribution in [0.5, 0.6) is 5.75 Å². The van der Waals surface area contributed by atoms with Crippen LogP contribution in [0.1, 0.15) is 10.6 Å². The second kappa shape index (κ2) is 7.27. The Morgan fingerprint density at radius 3 is 2.72 bits per heavy atom. The van der Waals surface area contributed by atoms with E-state index in [1.165, 1.54) is 7.11 Å². The zero-order chi connectivity index (χ0) is 17.8. The van der Waals surface area contributed by atoms with Gasteiger partial charge in [0, 0.05) is 10.4 Å². The number of fused-ring (bicyclic) bond motifs is 1. The number of furan rings is 1. The van der Waals surface area contributed by atoms with Crippen molar-refractivity contribution in [3.63, 3.8) is 0 Å². The van der Waals surface area contributed by atoms with Gasteiger partial charge in [-0.05, 0) is 30.3 Å². The summed E-state index contributed by atoms with van der Waals surface area (Å²) in [4.78, 5) is 24.0. The SMILES string of the molecule is COc1ccc(Cl)cc1NC(=O)COC(=O)c1cc2ccccc2o1. The summed E-state index contributed by atoms with van der Waals surface area (Å²) in [5, 5.41) is 3.80. The fourth-order valence-electron chi connectivity index (χ4n) is 2.25. The number of amides is 1. The van der Waals surface area contributed by atoms with Crippen molar-refractivity contribution in [2.45, 2.75) is 0 Å². The summed E-state index contributed by atoms with van der Waals surface area (Å²) in [6.45, 7) is -0.467. The van der Waals surface area contributed by atoms with Crippen molar-refractivity contribution >= 4 is 40.1 Å². The molecule has 0 bridgehead atoms. The lowest BCUT2D eigenvalue weighted by atomic mass is 10.2. The Balaban J connectivity index is 1.62. The smallest absolute Gasteiger partial charge is 0.374 e. The van der Waals surface area contributed by atoms with E-state index in [1.54, 1.807) is 36.4 Å². The van der Waals surface area contributed by atoms with Crippen LogP contribution < -0.4 is 10.1 Å². The van der Waals surface area contributed by atoms with Crippen LogP contribution >= 0.6 is 11.6 Å². The topological polar surface area (TPSA) is 77.8 Å². The van der Waals surface area contributed by atoms with Crippen molar-refractivity contribution in [1.29, 1.82) is 0 Å². The number of rotatable bonds is 5. The van der Waals surface area contributed by atoms with E-state index in [0.29, 0.717) is 22.0 Å². The molecule has 0 radical (unpaired) electrons. The molecule has 25 heavy (non-hydrogen) atoms. The van der Waals surface area contributed by atoms with Gasteiger partial charge in [0.2, 0.25) is 5.76 Å². The first kappa shape index (κ1) is 16.9. The summed E-state index contributed by atoms with van der Waals surface area (Å²) in [7, 11) is 1.47. The van der Waals surface area contributed by atoms with Gasteiger partial charge in [-0.15, -0.1) is 0 Å². The van der Waals surface area contributed by atoms with Gasteiger partial charge in [0.1, 0.15) is 11.3 Å². The maximum atomic E-state index is 12.0. The van der Waals surface area contributed by atoms with Crippen molar-refractivity contribution in [2.75, 3.05) is 19.0 Å². The van der Waals surface area contributed by atoms with Gasteiger partial charge >= 0.3 is 5.97 Å². The molecule has 1 aromatic heterocycles. The molecule has 0 saturated carbocycles. The molecule has 0 aliphatic rings. The molecule has 0 fully saturated rings. The Hall–Kier alpha value is -2.99. The van der Waals surface area contributed by atoms with Crippen LogP contribution in [0.15, 0.2) is 52.9 Å². The van der Waals surface area contributed by atoms with Crippen LogP contribution in [0.2, 0.25) is 5.02 Å². The number of hydrogen-bond donors (Lipinski definition) is 1. The second-order valence-corrected chi connectivity index (χ2v) is 5.55. The number of hydrogen-bond acceptors (Lipinski definition) is 5. The van der Waals surface area contributed by atoms with E-state index < -0.39 is 18.5 Å². The molecule has 0 aliphatic heterocycles. The zero-order valence-electron chi connectivity index (χ0n) is 13.2. The van der Waals surface area contributed by atoms with E-state index in [1.807, 2.05) is 12.1 Å². The minimum absolute atomic E-state index is 0.0364. The summed E-state index contributed by atoms with van der Waals surface area (Å²) in [5.74, 6) is -0.759. The fourth-order valence-corrected chi connectivity index (χ4v) is 2.42. The first-order valence-electron chi connectivity index (χ1n) is 7.36. The highest BCUT2D eigenvalue weighted by molar-refractivity contribution is 6.31. The van der Waals surface area contributed by atoms with Crippen LogP contribution in [-0.4, -0.2) is 25.6 Å². The monoisotopic (exact) mass is 359 g/mol. The van der Waals surface area contributed by atoms with Crippen LogP contribution in [0.4, 0.5) is 5.69 Å². The van der Waals surface area contributed by atoms with Gasteiger partial charge in [0.05, 0.1) is 12.8 Å². The maximum Gasteiger partial charge on any atom is 0.374 e. The predicted molar refractivity (Wildman–Crippen MR) is 93.1 cm³/mol. The number of esters is 1. The molecular weight excluding hydrogens is 346 g/mol. The van der Waals surface area contributed by atoms with Gasteiger partial charge < -0.3 is 19.2 Å². The van der Waals surface area contributed by atoms with Crippen molar-refractivity contribution in [3.05, 3.63) is 59.3 Å². The number of halogens is 1. The molecule has 0 spiro atoms. The quantitative estimate of drug-likeness (QED) is 0.699. The average Bonchev–Trinajstić information content (AvgIpc) is 3.04. The first-order valence-corrected chi connectivity index (χ1v) is 7.73. The van der Waals surface area contributed by atoms with Gasteiger partial charge in [-0.3, -0.25) is 4.79 Å². The van der Waals surface area contributed by atoms with Crippen LogP contribution in [0.25, 0.3) is 11.0 Å². The number of carbonyl (C=O) groups is 2. The Morgan fingerprint density at radius 1 is 1.16 bits per heavy atom. The third kappa shape index (κ3) is 3.92.